The van der Waals surface area contributed by atoms with E-state index in [9.17, 15) is 9.59 Å². The molecule has 0 radical (unpaired) electrons. The van der Waals surface area contributed by atoms with Crippen molar-refractivity contribution in [2.45, 2.75) is 6.92 Å². The predicted octanol–water partition coefficient (Wildman–Crippen LogP) is 2.28. The van der Waals surface area contributed by atoms with Crippen LogP contribution in [-0.4, -0.2) is 10.8 Å². The Morgan fingerprint density at radius 2 is 2.19 bits per heavy atom. The van der Waals surface area contributed by atoms with E-state index in [-0.39, 0.29) is 5.56 Å². The van der Waals surface area contributed by atoms with Gasteiger partial charge in [0, 0.05) is 0 Å². The molecule has 0 amide bonds. The van der Waals surface area contributed by atoms with Gasteiger partial charge in [-0.2, -0.15) is 0 Å². The second-order valence-electron chi connectivity index (χ2n) is 2.95. The number of hydrogen-bond acceptors (Lipinski definition) is 4. The van der Waals surface area contributed by atoms with E-state index in [0.29, 0.717) is 12.2 Å². The van der Waals surface area contributed by atoms with Gasteiger partial charge in [0.2, 0.25) is 0 Å². The van der Waals surface area contributed by atoms with Gasteiger partial charge in [0.05, 0.1) is 15.8 Å². The van der Waals surface area contributed by atoms with Gasteiger partial charge in [-0.15, -0.1) is 0 Å². The minimum Gasteiger partial charge on any atom is -0.434 e. The molecule has 2 rings (SSSR count). The van der Waals surface area contributed by atoms with Crippen molar-refractivity contribution in [1.82, 2.24) is 4.37 Å². The number of fused-ring (bicyclic) bond motifs is 1. The Labute approximate surface area is 96.3 Å². The second kappa shape index (κ2) is 5.87. The number of H-pyrrole nitrogens is 1. The van der Waals surface area contributed by atoms with E-state index in [1.807, 2.05) is 24.3 Å². The Morgan fingerprint density at radius 3 is 2.69 bits per heavy atom. The molecule has 1 aromatic carbocycles. The highest BCUT2D eigenvalue weighted by atomic mass is 32.1. The molecule has 0 bridgehead atoms. The van der Waals surface area contributed by atoms with E-state index >= 15 is 0 Å². The molecule has 16 heavy (non-hydrogen) atoms. The topological polar surface area (TPSA) is 59.2 Å². The molecular weight excluding hydrogens is 226 g/mol. The molecule has 84 valence electrons. The average molecular weight is 237 g/mol. The van der Waals surface area contributed by atoms with Gasteiger partial charge in [0.1, 0.15) is 0 Å². The first-order valence-electron chi connectivity index (χ1n) is 4.47. The molecule has 1 aromatic heterocycles. The molecule has 0 saturated carbocycles. The van der Waals surface area contributed by atoms with Crippen LogP contribution in [0, 0.1) is 0 Å². The third-order valence-corrected chi connectivity index (χ3v) is 2.50. The van der Waals surface area contributed by atoms with Gasteiger partial charge in [0.15, 0.2) is 0 Å². The number of benzene rings is 1. The number of aromatic nitrogens is 1. The summed E-state index contributed by atoms with van der Waals surface area (Å²) in [4.78, 5) is 20.3. The standard InChI is InChI=1S/C7H5NOS.C4H6O2/c9-7-5-3-1-2-4-6(5)10-8-7;1-4(2)6-3-5/h1-4H,(H,8,9);3H,1H2,2H3. The molecule has 0 saturated heterocycles. The lowest BCUT2D eigenvalue weighted by Gasteiger charge is -1.86. The van der Waals surface area contributed by atoms with Crippen LogP contribution in [0.1, 0.15) is 6.92 Å². The summed E-state index contributed by atoms with van der Waals surface area (Å²) < 4.78 is 7.85. The van der Waals surface area contributed by atoms with Crippen molar-refractivity contribution >= 4 is 28.1 Å². The van der Waals surface area contributed by atoms with Crippen molar-refractivity contribution in [2.24, 2.45) is 0 Å². The molecule has 0 fully saturated rings. The van der Waals surface area contributed by atoms with Crippen LogP contribution in [0.25, 0.3) is 10.1 Å². The lowest BCUT2D eigenvalue weighted by atomic mass is 10.3. The summed E-state index contributed by atoms with van der Waals surface area (Å²) in [6.45, 7) is 5.25. The maximum absolute atomic E-state index is 10.9. The molecule has 1 N–H and O–H groups in total. The number of allylic oxidation sites excluding steroid dienone is 1. The van der Waals surface area contributed by atoms with Crippen LogP contribution < -0.4 is 5.56 Å². The van der Waals surface area contributed by atoms with E-state index in [2.05, 4.69) is 15.7 Å². The zero-order chi connectivity index (χ0) is 12.0. The second-order valence-corrected chi connectivity index (χ2v) is 3.79. The van der Waals surface area contributed by atoms with Gasteiger partial charge in [-0.1, -0.05) is 30.2 Å². The average Bonchev–Trinajstić information content (AvgIpc) is 2.62. The highest BCUT2D eigenvalue weighted by molar-refractivity contribution is 7.13. The van der Waals surface area contributed by atoms with E-state index in [1.165, 1.54) is 11.5 Å². The van der Waals surface area contributed by atoms with Crippen LogP contribution in [0.4, 0.5) is 0 Å². The van der Waals surface area contributed by atoms with Crippen LogP contribution in [0.15, 0.2) is 41.4 Å². The largest absolute Gasteiger partial charge is 0.434 e. The number of rotatable bonds is 2. The summed E-state index contributed by atoms with van der Waals surface area (Å²) >= 11 is 1.38. The Bertz CT molecular complexity index is 541. The summed E-state index contributed by atoms with van der Waals surface area (Å²) in [5.41, 5.74) is 0.0144. The highest BCUT2D eigenvalue weighted by Gasteiger charge is 1.96. The quantitative estimate of drug-likeness (QED) is 0.644. The van der Waals surface area contributed by atoms with Crippen LogP contribution in [0.5, 0.6) is 0 Å². The fourth-order valence-corrected chi connectivity index (χ4v) is 1.71. The number of ether oxygens (including phenoxy) is 1. The number of hydrogen-bond donors (Lipinski definition) is 1. The molecule has 0 spiro atoms. The molecular formula is C11H11NO3S. The Hall–Kier alpha value is -1.88. The third kappa shape index (κ3) is 3.36. The van der Waals surface area contributed by atoms with Gasteiger partial charge in [-0.3, -0.25) is 14.0 Å². The summed E-state index contributed by atoms with van der Waals surface area (Å²) in [7, 11) is 0. The lowest BCUT2D eigenvalue weighted by Crippen LogP contribution is -1.94. The zero-order valence-electron chi connectivity index (χ0n) is 8.73. The Morgan fingerprint density at radius 1 is 1.50 bits per heavy atom. The van der Waals surface area contributed by atoms with Gasteiger partial charge in [0.25, 0.3) is 12.0 Å². The first kappa shape index (κ1) is 12.2. The Kier molecular flexibility index (Phi) is 4.47. The van der Waals surface area contributed by atoms with Crippen molar-refractivity contribution in [2.75, 3.05) is 0 Å². The van der Waals surface area contributed by atoms with Gasteiger partial charge < -0.3 is 4.74 Å². The maximum Gasteiger partial charge on any atom is 0.298 e. The maximum atomic E-state index is 10.9. The summed E-state index contributed by atoms with van der Waals surface area (Å²) in [5.74, 6) is 0.421. The van der Waals surface area contributed by atoms with Crippen molar-refractivity contribution < 1.29 is 9.53 Å². The van der Waals surface area contributed by atoms with Crippen LogP contribution in [0.2, 0.25) is 0 Å². The molecule has 0 unspecified atom stereocenters. The van der Waals surface area contributed by atoms with Crippen LogP contribution in [-0.2, 0) is 9.53 Å². The van der Waals surface area contributed by atoms with E-state index in [0.717, 1.165) is 10.1 Å². The molecule has 0 aliphatic carbocycles. The molecule has 2 aromatic rings. The van der Waals surface area contributed by atoms with Crippen LogP contribution in [0.3, 0.4) is 0 Å². The molecule has 0 aliphatic heterocycles. The number of carbonyl (C=O) groups is 1. The molecule has 1 heterocycles. The molecule has 5 heteroatoms. The van der Waals surface area contributed by atoms with Crippen molar-refractivity contribution in [3.8, 4) is 0 Å². The minimum absolute atomic E-state index is 0.0144. The predicted molar refractivity (Wildman–Crippen MR) is 64.4 cm³/mol. The number of nitrogens with one attached hydrogen (secondary N) is 1. The van der Waals surface area contributed by atoms with Gasteiger partial charge in [-0.05, 0) is 19.1 Å². The molecule has 0 atom stereocenters. The molecule has 0 aliphatic rings. The Balaban J connectivity index is 0.000000187. The van der Waals surface area contributed by atoms with Gasteiger partial charge >= 0.3 is 0 Å². The van der Waals surface area contributed by atoms with E-state index in [4.69, 9.17) is 0 Å². The van der Waals surface area contributed by atoms with E-state index < -0.39 is 0 Å². The first-order chi connectivity index (χ1) is 7.65. The summed E-state index contributed by atoms with van der Waals surface area (Å²) in [6.07, 6.45) is 0. The smallest absolute Gasteiger partial charge is 0.298 e. The van der Waals surface area contributed by atoms with Crippen molar-refractivity contribution in [3.05, 3.63) is 47.0 Å². The van der Waals surface area contributed by atoms with Crippen molar-refractivity contribution in [1.29, 1.82) is 0 Å². The fraction of sp³-hybridized carbons (Fsp3) is 0.0909. The summed E-state index contributed by atoms with van der Waals surface area (Å²) in [5, 5.41) is 0.785. The normalized spacial score (nSPS) is 9.06. The first-order valence-corrected chi connectivity index (χ1v) is 5.29. The van der Waals surface area contributed by atoms with E-state index in [1.54, 1.807) is 6.92 Å². The van der Waals surface area contributed by atoms with Gasteiger partial charge in [-0.25, -0.2) is 0 Å². The SMILES string of the molecule is C=C(C)OC=O.O=c1[nH]sc2ccccc12. The number of aromatic amines is 1. The monoisotopic (exact) mass is 237 g/mol. The molecule has 4 nitrogen and oxygen atoms in total. The van der Waals surface area contributed by atoms with Crippen molar-refractivity contribution in [3.63, 3.8) is 0 Å². The van der Waals surface area contributed by atoms with Crippen LogP contribution >= 0.6 is 11.5 Å². The fourth-order valence-electron chi connectivity index (χ4n) is 0.982. The zero-order valence-corrected chi connectivity index (χ0v) is 9.54. The lowest BCUT2D eigenvalue weighted by molar-refractivity contribution is -0.124. The number of carbonyl (C=O) groups excluding carboxylic acids is 1. The third-order valence-electron chi connectivity index (χ3n) is 1.63. The minimum atomic E-state index is 0.0144. The highest BCUT2D eigenvalue weighted by Crippen LogP contribution is 2.11. The summed E-state index contributed by atoms with van der Waals surface area (Å²) in [6, 6.07) is 7.54.